The topological polar surface area (TPSA) is 54.6 Å². The van der Waals surface area contributed by atoms with Crippen molar-refractivity contribution >= 4 is 17.2 Å². The van der Waals surface area contributed by atoms with Crippen LogP contribution >= 0.6 is 11.3 Å². The molecule has 0 amide bonds. The van der Waals surface area contributed by atoms with Crippen molar-refractivity contribution in [1.29, 1.82) is 5.41 Å². The van der Waals surface area contributed by atoms with Gasteiger partial charge >= 0.3 is 0 Å². The summed E-state index contributed by atoms with van der Waals surface area (Å²) in [6.45, 7) is 3.70. The Morgan fingerprint density at radius 1 is 1.36 bits per heavy atom. The van der Waals surface area contributed by atoms with Crippen molar-refractivity contribution in [1.82, 2.24) is 14.8 Å². The number of nitrogens with one attached hydrogen (secondary N) is 1. The lowest BCUT2D eigenvalue weighted by Gasteiger charge is -2.04. The SMILES string of the molecule is Cc1nnc(C)n1C(=N)c1cccs1. The van der Waals surface area contributed by atoms with E-state index in [2.05, 4.69) is 10.2 Å². The fraction of sp³-hybridized carbons (Fsp3) is 0.222. The molecule has 0 fully saturated rings. The number of hydrogen-bond donors (Lipinski definition) is 1. The highest BCUT2D eigenvalue weighted by atomic mass is 32.1. The van der Waals surface area contributed by atoms with Crippen molar-refractivity contribution < 1.29 is 0 Å². The molecule has 14 heavy (non-hydrogen) atoms. The van der Waals surface area contributed by atoms with E-state index in [4.69, 9.17) is 5.41 Å². The van der Waals surface area contributed by atoms with E-state index >= 15 is 0 Å². The van der Waals surface area contributed by atoms with Gasteiger partial charge in [-0.3, -0.25) is 9.98 Å². The highest BCUT2D eigenvalue weighted by molar-refractivity contribution is 7.12. The Morgan fingerprint density at radius 2 is 2.00 bits per heavy atom. The predicted octanol–water partition coefficient (Wildman–Crippen LogP) is 1.83. The molecule has 0 aromatic carbocycles. The smallest absolute Gasteiger partial charge is 0.149 e. The summed E-state index contributed by atoms with van der Waals surface area (Å²) in [5.41, 5.74) is 0. The van der Waals surface area contributed by atoms with Crippen LogP contribution in [-0.2, 0) is 0 Å². The van der Waals surface area contributed by atoms with Crippen molar-refractivity contribution in [2.75, 3.05) is 0 Å². The summed E-state index contributed by atoms with van der Waals surface area (Å²) >= 11 is 1.55. The lowest BCUT2D eigenvalue weighted by Crippen LogP contribution is -2.13. The summed E-state index contributed by atoms with van der Waals surface area (Å²) in [6, 6.07) is 3.86. The van der Waals surface area contributed by atoms with Gasteiger partial charge in [0, 0.05) is 0 Å². The van der Waals surface area contributed by atoms with E-state index < -0.39 is 0 Å². The Hall–Kier alpha value is -1.49. The lowest BCUT2D eigenvalue weighted by molar-refractivity contribution is 0.984. The molecule has 0 aliphatic heterocycles. The number of aryl methyl sites for hydroxylation is 2. The van der Waals surface area contributed by atoms with Crippen LogP contribution in [0.1, 0.15) is 16.5 Å². The Balaban J connectivity index is 2.46. The van der Waals surface area contributed by atoms with E-state index in [9.17, 15) is 0 Å². The minimum absolute atomic E-state index is 0.444. The molecule has 0 aliphatic carbocycles. The first-order valence-corrected chi connectivity index (χ1v) is 5.09. The molecule has 2 rings (SSSR count). The average Bonchev–Trinajstić information content (AvgIpc) is 2.75. The Morgan fingerprint density at radius 3 is 2.50 bits per heavy atom. The number of aromatic nitrogens is 3. The van der Waals surface area contributed by atoms with Gasteiger partial charge in [-0.2, -0.15) is 0 Å². The number of rotatable bonds is 1. The van der Waals surface area contributed by atoms with Crippen molar-refractivity contribution in [2.45, 2.75) is 13.8 Å². The van der Waals surface area contributed by atoms with Crippen LogP contribution in [-0.4, -0.2) is 20.6 Å². The maximum absolute atomic E-state index is 7.98. The summed E-state index contributed by atoms with van der Waals surface area (Å²) in [6.07, 6.45) is 0. The highest BCUT2D eigenvalue weighted by Gasteiger charge is 2.11. The third kappa shape index (κ3) is 1.35. The summed E-state index contributed by atoms with van der Waals surface area (Å²) in [4.78, 5) is 0.927. The van der Waals surface area contributed by atoms with Gasteiger partial charge < -0.3 is 0 Å². The molecule has 2 aromatic heterocycles. The summed E-state index contributed by atoms with van der Waals surface area (Å²) in [7, 11) is 0. The highest BCUT2D eigenvalue weighted by Crippen LogP contribution is 2.12. The maximum atomic E-state index is 7.98. The second kappa shape index (κ2) is 3.34. The van der Waals surface area contributed by atoms with Gasteiger partial charge in [-0.05, 0) is 25.3 Å². The molecule has 72 valence electrons. The monoisotopic (exact) mass is 206 g/mol. The first-order valence-electron chi connectivity index (χ1n) is 4.21. The molecule has 0 saturated carbocycles. The number of hydrogen-bond acceptors (Lipinski definition) is 4. The molecule has 4 nitrogen and oxygen atoms in total. The molecule has 5 heteroatoms. The zero-order valence-corrected chi connectivity index (χ0v) is 8.80. The summed E-state index contributed by atoms with van der Waals surface area (Å²) < 4.78 is 1.74. The van der Waals surface area contributed by atoms with Crippen LogP contribution in [0.4, 0.5) is 0 Å². The van der Waals surface area contributed by atoms with Gasteiger partial charge in [0.05, 0.1) is 4.88 Å². The predicted molar refractivity (Wildman–Crippen MR) is 56.0 cm³/mol. The molecule has 0 spiro atoms. The van der Waals surface area contributed by atoms with Gasteiger partial charge in [-0.25, -0.2) is 0 Å². The standard InChI is InChI=1S/C9H10N4S/c1-6-11-12-7(2)13(6)9(10)8-4-3-5-14-8/h3-5,10H,1-2H3. The molecule has 0 aliphatic rings. The molecule has 1 N–H and O–H groups in total. The van der Waals surface area contributed by atoms with E-state index in [0.29, 0.717) is 5.84 Å². The Bertz CT molecular complexity index is 436. The molecule has 2 aromatic rings. The molecular formula is C9H10N4S. The van der Waals surface area contributed by atoms with Gasteiger partial charge in [0.25, 0.3) is 0 Å². The number of nitrogens with zero attached hydrogens (tertiary/aromatic N) is 3. The third-order valence-electron chi connectivity index (χ3n) is 1.96. The Labute approximate surface area is 85.7 Å². The number of thiophene rings is 1. The molecule has 0 atom stereocenters. The van der Waals surface area contributed by atoms with Crippen LogP contribution in [0.25, 0.3) is 0 Å². The first kappa shape index (κ1) is 9.08. The van der Waals surface area contributed by atoms with Crippen LogP contribution in [0.2, 0.25) is 0 Å². The van der Waals surface area contributed by atoms with Crippen molar-refractivity contribution in [3.05, 3.63) is 34.0 Å². The van der Waals surface area contributed by atoms with Crippen molar-refractivity contribution in [3.63, 3.8) is 0 Å². The molecule has 0 radical (unpaired) electrons. The Kier molecular flexibility index (Phi) is 2.17. The van der Waals surface area contributed by atoms with E-state index in [0.717, 1.165) is 16.5 Å². The molecular weight excluding hydrogens is 196 g/mol. The van der Waals surface area contributed by atoms with Gasteiger partial charge in [-0.1, -0.05) is 6.07 Å². The maximum Gasteiger partial charge on any atom is 0.149 e. The summed E-state index contributed by atoms with van der Waals surface area (Å²) in [5, 5.41) is 17.8. The van der Waals surface area contributed by atoms with Crippen LogP contribution in [0, 0.1) is 19.3 Å². The molecule has 2 heterocycles. The van der Waals surface area contributed by atoms with E-state index in [1.807, 2.05) is 31.4 Å². The second-order valence-corrected chi connectivity index (χ2v) is 3.90. The third-order valence-corrected chi connectivity index (χ3v) is 2.84. The van der Waals surface area contributed by atoms with Crippen LogP contribution in [0.3, 0.4) is 0 Å². The van der Waals surface area contributed by atoms with Crippen molar-refractivity contribution in [2.24, 2.45) is 0 Å². The van der Waals surface area contributed by atoms with Crippen LogP contribution < -0.4 is 0 Å². The zero-order chi connectivity index (χ0) is 10.1. The molecule has 0 saturated heterocycles. The van der Waals surface area contributed by atoms with Gasteiger partial charge in [0.15, 0.2) is 0 Å². The van der Waals surface area contributed by atoms with E-state index in [-0.39, 0.29) is 0 Å². The van der Waals surface area contributed by atoms with Gasteiger partial charge in [0.1, 0.15) is 17.5 Å². The second-order valence-electron chi connectivity index (χ2n) is 2.96. The van der Waals surface area contributed by atoms with E-state index in [1.165, 1.54) is 0 Å². The minimum atomic E-state index is 0.444. The molecule has 0 bridgehead atoms. The summed E-state index contributed by atoms with van der Waals surface area (Å²) in [5.74, 6) is 1.95. The average molecular weight is 206 g/mol. The fourth-order valence-corrected chi connectivity index (χ4v) is 1.98. The lowest BCUT2D eigenvalue weighted by atomic mass is 10.4. The first-order chi connectivity index (χ1) is 6.70. The van der Waals surface area contributed by atoms with Crippen LogP contribution in [0.15, 0.2) is 17.5 Å². The van der Waals surface area contributed by atoms with Crippen LogP contribution in [0.5, 0.6) is 0 Å². The zero-order valence-electron chi connectivity index (χ0n) is 7.98. The largest absolute Gasteiger partial charge is 0.283 e. The quantitative estimate of drug-likeness (QED) is 0.571. The molecule has 0 unspecified atom stereocenters. The van der Waals surface area contributed by atoms with Gasteiger partial charge in [-0.15, -0.1) is 21.5 Å². The minimum Gasteiger partial charge on any atom is -0.283 e. The van der Waals surface area contributed by atoms with Crippen molar-refractivity contribution in [3.8, 4) is 0 Å². The fourth-order valence-electron chi connectivity index (χ4n) is 1.32. The van der Waals surface area contributed by atoms with Gasteiger partial charge in [0.2, 0.25) is 0 Å². The normalized spacial score (nSPS) is 10.4. The van der Waals surface area contributed by atoms with E-state index in [1.54, 1.807) is 15.9 Å².